The molecule has 2 aliphatic rings. The van der Waals surface area contributed by atoms with Crippen molar-refractivity contribution in [2.45, 2.75) is 12.4 Å². The van der Waals surface area contributed by atoms with Gasteiger partial charge in [-0.25, -0.2) is 0 Å². The second-order valence-corrected chi connectivity index (χ2v) is 17.8. The Kier molecular flexibility index (Phi) is 12.6. The Morgan fingerprint density at radius 1 is 0.333 bits per heavy atom. The summed E-state index contributed by atoms with van der Waals surface area (Å²) >= 11 is 0. The minimum absolute atomic E-state index is 0.0116. The van der Waals surface area contributed by atoms with E-state index in [1.165, 1.54) is 97.1 Å². The molecule has 386 valence electrons. The Bertz CT molecular complexity index is 3710. The van der Waals surface area contributed by atoms with Crippen molar-refractivity contribution in [2.24, 2.45) is 0 Å². The molecule has 0 spiro atoms. The van der Waals surface area contributed by atoms with Crippen molar-refractivity contribution < 1.29 is 64.7 Å². The number of ketones is 4. The second-order valence-electron chi connectivity index (χ2n) is 17.8. The Morgan fingerprint density at radius 3 is 0.910 bits per heavy atom. The van der Waals surface area contributed by atoms with Gasteiger partial charge >= 0.3 is 12.4 Å². The summed E-state index contributed by atoms with van der Waals surface area (Å²) in [5, 5.41) is 9.74. The predicted molar refractivity (Wildman–Crippen MR) is 275 cm³/mol. The van der Waals surface area contributed by atoms with Gasteiger partial charge in [0.15, 0.2) is 23.1 Å². The SMILES string of the molecule is Nc1ccc(NC(=O)c2ccc(C(=O)Nc3ccc(-c4ccc(NC(=O)c5ccc(C(=O)Nc6ccc(N)c7c6C(=O)c6ccccc6C7=O)cc5)cc4C(F)(F)F)c(C(F)(F)F)c3)cc2)c2c1C(=O)c1ccccc1C2=O. The van der Waals surface area contributed by atoms with Gasteiger partial charge in [0.25, 0.3) is 23.6 Å². The lowest BCUT2D eigenvalue weighted by molar-refractivity contribution is -0.139. The highest BCUT2D eigenvalue weighted by atomic mass is 19.4. The number of halogens is 6. The van der Waals surface area contributed by atoms with E-state index < -0.39 is 92.7 Å². The van der Waals surface area contributed by atoms with Crippen LogP contribution in [0.25, 0.3) is 11.1 Å². The molecule has 20 heteroatoms. The molecule has 0 fully saturated rings. The number of amides is 4. The molecule has 78 heavy (non-hydrogen) atoms. The number of fused-ring (bicyclic) bond motifs is 4. The largest absolute Gasteiger partial charge is 0.417 e. The van der Waals surface area contributed by atoms with Crippen LogP contribution in [0, 0.1) is 0 Å². The smallest absolute Gasteiger partial charge is 0.398 e. The first-order valence-electron chi connectivity index (χ1n) is 23.2. The van der Waals surface area contributed by atoms with Crippen molar-refractivity contribution in [3.63, 3.8) is 0 Å². The first kappa shape index (κ1) is 51.0. The van der Waals surface area contributed by atoms with Crippen LogP contribution < -0.4 is 32.7 Å². The third kappa shape index (κ3) is 9.26. The van der Waals surface area contributed by atoms with Crippen LogP contribution in [0.15, 0.2) is 158 Å². The van der Waals surface area contributed by atoms with E-state index in [1.54, 1.807) is 24.3 Å². The van der Waals surface area contributed by atoms with Gasteiger partial charge in [-0.1, -0.05) is 60.7 Å². The van der Waals surface area contributed by atoms with Crippen molar-refractivity contribution >= 4 is 80.9 Å². The van der Waals surface area contributed by atoms with Gasteiger partial charge in [0.1, 0.15) is 0 Å². The molecular formula is C58H34F6N6O8. The quantitative estimate of drug-likeness (QED) is 0.0591. The first-order valence-corrected chi connectivity index (χ1v) is 23.2. The maximum Gasteiger partial charge on any atom is 0.417 e. The van der Waals surface area contributed by atoms with Crippen molar-refractivity contribution in [3.8, 4) is 11.1 Å². The molecule has 14 nitrogen and oxygen atoms in total. The average Bonchev–Trinajstić information content (AvgIpc) is 3.62. The minimum Gasteiger partial charge on any atom is -0.398 e. The van der Waals surface area contributed by atoms with Crippen molar-refractivity contribution in [1.29, 1.82) is 0 Å². The summed E-state index contributed by atoms with van der Waals surface area (Å²) in [5.41, 5.74) is 6.17. The average molecular weight is 1060 g/mol. The zero-order valence-corrected chi connectivity index (χ0v) is 39.7. The zero-order chi connectivity index (χ0) is 55.5. The fraction of sp³-hybridized carbons (Fsp3) is 0.0345. The number of rotatable bonds is 9. The highest BCUT2D eigenvalue weighted by molar-refractivity contribution is 6.33. The molecule has 0 aromatic heterocycles. The third-order valence-electron chi connectivity index (χ3n) is 13.0. The van der Waals surface area contributed by atoms with Gasteiger partial charge in [-0.15, -0.1) is 0 Å². The number of carbonyl (C=O) groups excluding carboxylic acids is 8. The zero-order valence-electron chi connectivity index (χ0n) is 39.7. The van der Waals surface area contributed by atoms with Gasteiger partial charge in [-0.3, -0.25) is 38.4 Å². The van der Waals surface area contributed by atoms with E-state index in [4.69, 9.17) is 11.5 Å². The van der Waals surface area contributed by atoms with Crippen molar-refractivity contribution in [2.75, 3.05) is 32.7 Å². The fourth-order valence-electron chi connectivity index (χ4n) is 9.23. The highest BCUT2D eigenvalue weighted by Crippen LogP contribution is 2.45. The Morgan fingerprint density at radius 2 is 0.615 bits per heavy atom. The third-order valence-corrected chi connectivity index (χ3v) is 13.0. The molecule has 0 radical (unpaired) electrons. The summed E-state index contributed by atoms with van der Waals surface area (Å²) in [6.45, 7) is 0. The van der Waals surface area contributed by atoms with Crippen LogP contribution in [-0.4, -0.2) is 46.8 Å². The van der Waals surface area contributed by atoms with E-state index in [9.17, 15) is 64.7 Å². The number of hydrogen-bond acceptors (Lipinski definition) is 10. The monoisotopic (exact) mass is 1060 g/mol. The predicted octanol–water partition coefficient (Wildman–Crippen LogP) is 11.1. The topological polar surface area (TPSA) is 237 Å². The van der Waals surface area contributed by atoms with E-state index in [-0.39, 0.29) is 89.5 Å². The Labute approximate surface area is 436 Å². The van der Waals surface area contributed by atoms with Gasteiger partial charge in [0.2, 0.25) is 0 Å². The summed E-state index contributed by atoms with van der Waals surface area (Å²) in [4.78, 5) is 107. The second kappa shape index (κ2) is 19.3. The fourth-order valence-corrected chi connectivity index (χ4v) is 9.23. The molecule has 8 aromatic rings. The summed E-state index contributed by atoms with van der Waals surface area (Å²) in [6, 6.07) is 31.6. The number of carbonyl (C=O) groups is 8. The van der Waals surface area contributed by atoms with Gasteiger partial charge in [0, 0.05) is 67.3 Å². The molecule has 0 saturated heterocycles. The van der Waals surface area contributed by atoms with Crippen LogP contribution >= 0.6 is 0 Å². The lowest BCUT2D eigenvalue weighted by Gasteiger charge is -2.21. The molecule has 0 atom stereocenters. The van der Waals surface area contributed by atoms with Crippen LogP contribution in [-0.2, 0) is 12.4 Å². The normalized spacial score (nSPS) is 12.6. The van der Waals surface area contributed by atoms with Gasteiger partial charge in [-0.2, -0.15) is 26.3 Å². The van der Waals surface area contributed by atoms with Gasteiger partial charge in [0.05, 0.1) is 44.8 Å². The van der Waals surface area contributed by atoms with Crippen LogP contribution in [0.1, 0.15) is 116 Å². The number of hydrogen-bond donors (Lipinski definition) is 6. The van der Waals surface area contributed by atoms with Crippen LogP contribution in [0.3, 0.4) is 0 Å². The maximum atomic E-state index is 14.7. The van der Waals surface area contributed by atoms with E-state index in [2.05, 4.69) is 21.3 Å². The van der Waals surface area contributed by atoms with Gasteiger partial charge in [-0.05, 0) is 108 Å². The molecule has 0 bridgehead atoms. The molecule has 2 aliphatic carbocycles. The molecule has 0 unspecified atom stereocenters. The Balaban J connectivity index is 0.824. The number of anilines is 6. The van der Waals surface area contributed by atoms with E-state index >= 15 is 0 Å². The molecule has 8 aromatic carbocycles. The van der Waals surface area contributed by atoms with Gasteiger partial charge < -0.3 is 32.7 Å². The number of nitrogens with two attached hydrogens (primary N) is 2. The molecule has 0 saturated carbocycles. The molecule has 4 amide bonds. The van der Waals surface area contributed by atoms with Crippen LogP contribution in [0.2, 0.25) is 0 Å². The summed E-state index contributed by atoms with van der Waals surface area (Å²) in [7, 11) is 0. The molecule has 8 N–H and O–H groups in total. The maximum absolute atomic E-state index is 14.7. The molecule has 0 heterocycles. The molecule has 10 rings (SSSR count). The number of benzene rings is 8. The standard InChI is InChI=1S/C58H34F6N6O8/c59-57(60,61)39-25-31(67-53(75)27-9-13-29(14-10-27)55(77)69-43-23-21-41(65)45-47(43)51(73)37-7-3-1-5-35(37)49(45)71)17-19-33(39)34-20-18-32(26-40(34)58(62,63)64)68-54(76)28-11-15-30(16-12-28)56(78)70-44-24-22-42(66)46-48(44)52(74)38-8-4-2-6-36(38)50(46)72/h1-26H,65-66H2,(H,67,75)(H,68,76)(H,69,77)(H,70,78). The van der Waals surface area contributed by atoms with E-state index in [0.29, 0.717) is 12.1 Å². The lowest BCUT2D eigenvalue weighted by Crippen LogP contribution is -2.25. The Hall–Kier alpha value is -10.5. The highest BCUT2D eigenvalue weighted by Gasteiger charge is 2.40. The minimum atomic E-state index is -5.26. The van der Waals surface area contributed by atoms with Crippen molar-refractivity contribution in [3.05, 3.63) is 236 Å². The summed E-state index contributed by atoms with van der Waals surface area (Å²) in [6.07, 6.45) is -10.5. The number of alkyl halides is 6. The van der Waals surface area contributed by atoms with E-state index in [1.807, 2.05) is 0 Å². The van der Waals surface area contributed by atoms with Crippen molar-refractivity contribution in [1.82, 2.24) is 0 Å². The number of nitrogens with one attached hydrogen (secondary N) is 4. The molecule has 0 aliphatic heterocycles. The van der Waals surface area contributed by atoms with Crippen LogP contribution in [0.5, 0.6) is 0 Å². The number of nitrogen functional groups attached to an aromatic ring is 2. The lowest BCUT2D eigenvalue weighted by atomic mass is 9.82. The van der Waals surface area contributed by atoms with E-state index in [0.717, 1.165) is 24.3 Å². The summed E-state index contributed by atoms with van der Waals surface area (Å²) in [5.74, 6) is -5.54. The molecular weight excluding hydrogens is 1020 g/mol. The van der Waals surface area contributed by atoms with Crippen LogP contribution in [0.4, 0.5) is 60.5 Å². The summed E-state index contributed by atoms with van der Waals surface area (Å²) < 4.78 is 88.2. The first-order chi connectivity index (χ1) is 37.1.